The van der Waals surface area contributed by atoms with Crippen LogP contribution in [0.25, 0.3) is 0 Å². The van der Waals surface area contributed by atoms with Gasteiger partial charge in [0.25, 0.3) is 5.91 Å². The zero-order valence-corrected chi connectivity index (χ0v) is 14.4. The minimum Gasteiger partial charge on any atom is -0.454 e. The van der Waals surface area contributed by atoms with Gasteiger partial charge >= 0.3 is 0 Å². The van der Waals surface area contributed by atoms with Gasteiger partial charge in [0.05, 0.1) is 5.56 Å². The van der Waals surface area contributed by atoms with E-state index in [-0.39, 0.29) is 18.0 Å². The minimum absolute atomic E-state index is 0.133. The molecule has 0 spiro atoms. The van der Waals surface area contributed by atoms with Crippen LogP contribution in [0.4, 0.5) is 20.4 Å². The van der Waals surface area contributed by atoms with E-state index in [0.717, 1.165) is 17.7 Å². The number of amides is 1. The molecule has 1 amide bonds. The van der Waals surface area contributed by atoms with Gasteiger partial charge in [-0.15, -0.1) is 0 Å². The van der Waals surface area contributed by atoms with E-state index >= 15 is 0 Å². The number of hydrogen-bond donors (Lipinski definition) is 2. The van der Waals surface area contributed by atoms with Crippen molar-refractivity contribution in [3.8, 4) is 11.5 Å². The number of nitrogens with zero attached hydrogens (tertiary/aromatic N) is 2. The zero-order valence-electron chi connectivity index (χ0n) is 14.4. The fraction of sp³-hybridized carbons (Fsp3) is 0.105. The van der Waals surface area contributed by atoms with Gasteiger partial charge in [0.2, 0.25) is 12.7 Å². The summed E-state index contributed by atoms with van der Waals surface area (Å²) in [5.41, 5.74) is 1.26. The number of halogens is 2. The number of hydrogen-bond acceptors (Lipinski definition) is 6. The highest BCUT2D eigenvalue weighted by atomic mass is 19.2. The summed E-state index contributed by atoms with van der Waals surface area (Å²) in [5, 5.41) is 5.50. The van der Waals surface area contributed by atoms with Crippen LogP contribution in [-0.4, -0.2) is 22.7 Å². The lowest BCUT2D eigenvalue weighted by molar-refractivity contribution is 0.102. The number of carbonyl (C=O) groups excluding carboxylic acids is 1. The van der Waals surface area contributed by atoms with Crippen molar-refractivity contribution in [3.63, 3.8) is 0 Å². The average molecular weight is 384 g/mol. The smallest absolute Gasteiger partial charge is 0.258 e. The predicted molar refractivity (Wildman–Crippen MR) is 96.2 cm³/mol. The molecule has 0 fully saturated rings. The van der Waals surface area contributed by atoms with Crippen molar-refractivity contribution in [2.45, 2.75) is 6.54 Å². The van der Waals surface area contributed by atoms with Crippen LogP contribution in [0.5, 0.6) is 11.5 Å². The number of ether oxygens (including phenoxy) is 2. The molecule has 7 nitrogen and oxygen atoms in total. The van der Waals surface area contributed by atoms with Gasteiger partial charge in [0.15, 0.2) is 23.1 Å². The molecule has 28 heavy (non-hydrogen) atoms. The number of nitrogens with one attached hydrogen (secondary N) is 2. The van der Waals surface area contributed by atoms with Crippen LogP contribution < -0.4 is 20.1 Å². The Morgan fingerprint density at radius 1 is 1.00 bits per heavy atom. The van der Waals surface area contributed by atoms with Crippen LogP contribution in [-0.2, 0) is 6.54 Å². The topological polar surface area (TPSA) is 85.4 Å². The molecule has 0 unspecified atom stereocenters. The van der Waals surface area contributed by atoms with Crippen molar-refractivity contribution in [1.82, 2.24) is 9.97 Å². The van der Waals surface area contributed by atoms with Crippen LogP contribution in [0.2, 0.25) is 0 Å². The molecule has 2 N–H and O–H groups in total. The van der Waals surface area contributed by atoms with Crippen LogP contribution in [0.15, 0.2) is 48.8 Å². The van der Waals surface area contributed by atoms with E-state index in [2.05, 4.69) is 20.6 Å². The van der Waals surface area contributed by atoms with Crippen LogP contribution in [0.1, 0.15) is 15.9 Å². The van der Waals surface area contributed by atoms with Gasteiger partial charge in [0.1, 0.15) is 0 Å². The second-order valence-corrected chi connectivity index (χ2v) is 5.92. The molecule has 0 radical (unpaired) electrons. The van der Waals surface area contributed by atoms with E-state index in [9.17, 15) is 13.6 Å². The maximum atomic E-state index is 13.2. The lowest BCUT2D eigenvalue weighted by Crippen LogP contribution is -2.13. The molecule has 0 saturated carbocycles. The Balaban J connectivity index is 1.36. The summed E-state index contributed by atoms with van der Waals surface area (Å²) in [7, 11) is 0. The van der Waals surface area contributed by atoms with Gasteiger partial charge in [-0.1, -0.05) is 6.07 Å². The second kappa shape index (κ2) is 7.47. The number of aromatic nitrogens is 2. The molecule has 0 aliphatic carbocycles. The molecule has 9 heteroatoms. The lowest BCUT2D eigenvalue weighted by atomic mass is 10.2. The molecule has 1 aromatic heterocycles. The molecule has 0 atom stereocenters. The highest BCUT2D eigenvalue weighted by Crippen LogP contribution is 2.32. The van der Waals surface area contributed by atoms with Gasteiger partial charge < -0.3 is 20.1 Å². The minimum atomic E-state index is -1.04. The summed E-state index contributed by atoms with van der Waals surface area (Å²) in [6.07, 6.45) is 2.67. The van der Waals surface area contributed by atoms with E-state index in [1.54, 1.807) is 0 Å². The van der Waals surface area contributed by atoms with E-state index in [1.807, 2.05) is 18.2 Å². The third kappa shape index (κ3) is 3.83. The summed E-state index contributed by atoms with van der Waals surface area (Å²) in [6, 6.07) is 8.67. The summed E-state index contributed by atoms with van der Waals surface area (Å²) in [6.45, 7) is 0.667. The molecule has 142 valence electrons. The zero-order chi connectivity index (χ0) is 19.5. The first kappa shape index (κ1) is 17.7. The Bertz CT molecular complexity index is 1030. The van der Waals surface area contributed by atoms with Crippen molar-refractivity contribution in [2.24, 2.45) is 0 Å². The summed E-state index contributed by atoms with van der Waals surface area (Å²) in [5.74, 6) is -0.840. The third-order valence-electron chi connectivity index (χ3n) is 3.98. The fourth-order valence-electron chi connectivity index (χ4n) is 2.55. The van der Waals surface area contributed by atoms with E-state index < -0.39 is 17.5 Å². The van der Waals surface area contributed by atoms with Crippen molar-refractivity contribution < 1.29 is 23.0 Å². The fourth-order valence-corrected chi connectivity index (χ4v) is 2.55. The van der Waals surface area contributed by atoms with Gasteiger partial charge in [-0.25, -0.2) is 18.7 Å². The number of anilines is 2. The molecule has 2 heterocycles. The monoisotopic (exact) mass is 384 g/mol. The molecule has 4 rings (SSSR count). The lowest BCUT2D eigenvalue weighted by Gasteiger charge is -2.07. The van der Waals surface area contributed by atoms with Crippen molar-refractivity contribution in [3.05, 3.63) is 71.6 Å². The van der Waals surface area contributed by atoms with Gasteiger partial charge in [-0.05, 0) is 29.8 Å². The first-order valence-electron chi connectivity index (χ1n) is 8.29. The Kier molecular flexibility index (Phi) is 4.71. The Morgan fingerprint density at radius 2 is 1.79 bits per heavy atom. The maximum Gasteiger partial charge on any atom is 0.258 e. The third-order valence-corrected chi connectivity index (χ3v) is 3.98. The number of carbonyl (C=O) groups is 1. The Hall–Kier alpha value is -3.75. The summed E-state index contributed by atoms with van der Waals surface area (Å²) < 4.78 is 36.7. The summed E-state index contributed by atoms with van der Waals surface area (Å²) >= 11 is 0. The SMILES string of the molecule is O=C(Nc1ccc(F)c(F)c1)c1cnc(NCc2ccc3c(c2)OCO3)nc1. The quantitative estimate of drug-likeness (QED) is 0.702. The van der Waals surface area contributed by atoms with Crippen LogP contribution in [0.3, 0.4) is 0 Å². The number of fused-ring (bicyclic) bond motifs is 1. The van der Waals surface area contributed by atoms with E-state index in [0.29, 0.717) is 24.0 Å². The maximum absolute atomic E-state index is 13.2. The highest BCUT2D eigenvalue weighted by Gasteiger charge is 2.13. The largest absolute Gasteiger partial charge is 0.454 e. The van der Waals surface area contributed by atoms with Crippen LogP contribution in [0, 0.1) is 11.6 Å². The Morgan fingerprint density at radius 3 is 2.57 bits per heavy atom. The molecule has 1 aliphatic rings. The first-order chi connectivity index (χ1) is 13.6. The van der Waals surface area contributed by atoms with Crippen molar-refractivity contribution in [2.75, 3.05) is 17.4 Å². The predicted octanol–water partition coefficient (Wildman–Crippen LogP) is 3.35. The average Bonchev–Trinajstić information content (AvgIpc) is 3.17. The second-order valence-electron chi connectivity index (χ2n) is 5.92. The Labute approximate surface area is 158 Å². The first-order valence-corrected chi connectivity index (χ1v) is 8.29. The van der Waals surface area contributed by atoms with Gasteiger partial charge in [0, 0.05) is 30.7 Å². The van der Waals surface area contributed by atoms with E-state index in [1.165, 1.54) is 18.5 Å². The molecule has 0 bridgehead atoms. The molecule has 0 saturated heterocycles. The van der Waals surface area contributed by atoms with E-state index in [4.69, 9.17) is 9.47 Å². The highest BCUT2D eigenvalue weighted by molar-refractivity contribution is 6.03. The van der Waals surface area contributed by atoms with Gasteiger partial charge in [-0.2, -0.15) is 0 Å². The molecule has 2 aromatic carbocycles. The molecular formula is C19H14F2N4O3. The number of rotatable bonds is 5. The standard InChI is InChI=1S/C19H14F2N4O3/c20-14-3-2-13(6-15(14)21)25-18(26)12-8-23-19(24-9-12)22-7-11-1-4-16-17(5-11)28-10-27-16/h1-6,8-9H,7,10H2,(H,25,26)(H,22,23,24). The van der Waals surface area contributed by atoms with Crippen molar-refractivity contribution in [1.29, 1.82) is 0 Å². The van der Waals surface area contributed by atoms with Crippen LogP contribution >= 0.6 is 0 Å². The number of benzene rings is 2. The van der Waals surface area contributed by atoms with Crippen molar-refractivity contribution >= 4 is 17.5 Å². The molecule has 3 aromatic rings. The normalized spacial score (nSPS) is 11.9. The summed E-state index contributed by atoms with van der Waals surface area (Å²) in [4.78, 5) is 20.3. The molecule has 1 aliphatic heterocycles. The molecular weight excluding hydrogens is 370 g/mol. The van der Waals surface area contributed by atoms with Gasteiger partial charge in [-0.3, -0.25) is 4.79 Å².